The normalized spacial score (nSPS) is 19.4. The number of benzene rings is 2. The summed E-state index contributed by atoms with van der Waals surface area (Å²) in [6, 6.07) is 6.55. The molecule has 0 amide bonds. The van der Waals surface area contributed by atoms with Crippen LogP contribution in [0.1, 0.15) is 41.2 Å². The molecule has 1 heterocycles. The van der Waals surface area contributed by atoms with Crippen molar-refractivity contribution < 1.29 is 14.2 Å². The highest BCUT2D eigenvalue weighted by Crippen LogP contribution is 2.43. The van der Waals surface area contributed by atoms with Crippen LogP contribution in [-0.2, 0) is 13.0 Å². The van der Waals surface area contributed by atoms with Crippen LogP contribution in [0.2, 0.25) is 0 Å². The number of halogens is 1. The van der Waals surface area contributed by atoms with E-state index in [2.05, 4.69) is 12.2 Å². The van der Waals surface area contributed by atoms with E-state index in [1.807, 2.05) is 20.8 Å². The van der Waals surface area contributed by atoms with E-state index in [1.54, 1.807) is 12.1 Å². The summed E-state index contributed by atoms with van der Waals surface area (Å²) in [7, 11) is 0. The first kappa shape index (κ1) is 17.7. The van der Waals surface area contributed by atoms with Crippen molar-refractivity contribution in [3.8, 4) is 11.5 Å². The Morgan fingerprint density at radius 2 is 1.80 bits per heavy atom. The molecule has 4 heteroatoms. The molecule has 1 unspecified atom stereocenters. The van der Waals surface area contributed by atoms with E-state index < -0.39 is 0 Å². The zero-order valence-electron chi connectivity index (χ0n) is 15.4. The van der Waals surface area contributed by atoms with Gasteiger partial charge in [-0.3, -0.25) is 0 Å². The van der Waals surface area contributed by atoms with Crippen molar-refractivity contribution in [2.75, 3.05) is 6.54 Å². The van der Waals surface area contributed by atoms with Crippen molar-refractivity contribution in [2.24, 2.45) is 0 Å². The summed E-state index contributed by atoms with van der Waals surface area (Å²) >= 11 is 0. The number of hydrogen-bond donors (Lipinski definition) is 2. The van der Waals surface area contributed by atoms with E-state index in [1.165, 1.54) is 12.1 Å². The van der Waals surface area contributed by atoms with Gasteiger partial charge in [0.25, 0.3) is 0 Å². The Bertz CT molecular complexity index is 786. The van der Waals surface area contributed by atoms with Gasteiger partial charge >= 0.3 is 0 Å². The van der Waals surface area contributed by atoms with Gasteiger partial charge in [0, 0.05) is 18.7 Å². The lowest BCUT2D eigenvalue weighted by Crippen LogP contribution is -2.45. The molecule has 0 aliphatic carbocycles. The summed E-state index contributed by atoms with van der Waals surface area (Å²) in [5.74, 6) is 1.09. The van der Waals surface area contributed by atoms with Crippen molar-refractivity contribution in [1.82, 2.24) is 5.32 Å². The predicted molar refractivity (Wildman–Crippen MR) is 97.8 cm³/mol. The number of phenols is 1. The van der Waals surface area contributed by atoms with Crippen LogP contribution in [0.3, 0.4) is 0 Å². The summed E-state index contributed by atoms with van der Waals surface area (Å²) in [6.07, 6.45) is 1.78. The molecule has 0 radical (unpaired) electrons. The maximum atomic E-state index is 13.0. The summed E-state index contributed by atoms with van der Waals surface area (Å²) < 4.78 is 19.4. The maximum absolute atomic E-state index is 13.0. The highest BCUT2D eigenvalue weighted by atomic mass is 19.1. The van der Waals surface area contributed by atoms with Crippen molar-refractivity contribution in [1.29, 1.82) is 0 Å². The molecule has 2 N–H and O–H groups in total. The van der Waals surface area contributed by atoms with Gasteiger partial charge in [-0.1, -0.05) is 12.1 Å². The Morgan fingerprint density at radius 3 is 2.48 bits per heavy atom. The van der Waals surface area contributed by atoms with Gasteiger partial charge in [-0.05, 0) is 74.9 Å². The van der Waals surface area contributed by atoms with Crippen molar-refractivity contribution in [2.45, 2.75) is 52.7 Å². The molecule has 0 saturated heterocycles. The van der Waals surface area contributed by atoms with Crippen LogP contribution in [-0.4, -0.2) is 17.3 Å². The quantitative estimate of drug-likeness (QED) is 0.868. The molecule has 0 aromatic heterocycles. The SMILES string of the molecule is Cc1c(C)c2c(c(C)c1O)CCC(C)(CNCc1ccc(F)cc1)O2. The van der Waals surface area contributed by atoms with Crippen LogP contribution in [0.5, 0.6) is 11.5 Å². The number of hydrogen-bond acceptors (Lipinski definition) is 3. The van der Waals surface area contributed by atoms with Crippen LogP contribution < -0.4 is 10.1 Å². The molecule has 3 nitrogen and oxygen atoms in total. The number of nitrogens with one attached hydrogen (secondary N) is 1. The Kier molecular flexibility index (Phi) is 4.74. The molecule has 3 rings (SSSR count). The molecule has 2 aromatic rings. The van der Waals surface area contributed by atoms with Crippen molar-refractivity contribution in [3.63, 3.8) is 0 Å². The standard InChI is InChI=1S/C21H26FNO2/c1-13-14(2)20-18(15(3)19(13)24)9-10-21(4,25-20)12-23-11-16-5-7-17(22)8-6-16/h5-8,23-24H,9-12H2,1-4H3. The minimum absolute atomic E-state index is 0.215. The fourth-order valence-corrected chi connectivity index (χ4v) is 3.49. The first-order valence-corrected chi connectivity index (χ1v) is 8.76. The first-order chi connectivity index (χ1) is 11.8. The van der Waals surface area contributed by atoms with E-state index in [0.29, 0.717) is 18.8 Å². The number of rotatable bonds is 4. The van der Waals surface area contributed by atoms with Crippen LogP contribution >= 0.6 is 0 Å². The molecule has 0 saturated carbocycles. The Morgan fingerprint density at radius 1 is 1.12 bits per heavy atom. The van der Waals surface area contributed by atoms with Gasteiger partial charge in [0.2, 0.25) is 0 Å². The monoisotopic (exact) mass is 343 g/mol. The van der Waals surface area contributed by atoms with Gasteiger partial charge in [0.15, 0.2) is 0 Å². The molecule has 0 fully saturated rings. The van der Waals surface area contributed by atoms with Gasteiger partial charge in [-0.25, -0.2) is 4.39 Å². The Balaban J connectivity index is 1.71. The van der Waals surface area contributed by atoms with Gasteiger partial charge in [-0.15, -0.1) is 0 Å². The van der Waals surface area contributed by atoms with E-state index in [4.69, 9.17) is 4.74 Å². The molecule has 1 atom stereocenters. The summed E-state index contributed by atoms with van der Waals surface area (Å²) in [5, 5.41) is 13.7. The average molecular weight is 343 g/mol. The predicted octanol–water partition coefficient (Wildman–Crippen LogP) is 4.33. The molecule has 25 heavy (non-hydrogen) atoms. The molecule has 134 valence electrons. The molecular formula is C21H26FNO2. The topological polar surface area (TPSA) is 41.5 Å². The Labute approximate surface area is 148 Å². The fraction of sp³-hybridized carbons (Fsp3) is 0.429. The summed E-state index contributed by atoms with van der Waals surface area (Å²) in [5.41, 5.74) is 4.71. The fourth-order valence-electron chi connectivity index (χ4n) is 3.49. The zero-order chi connectivity index (χ0) is 18.2. The third-order valence-electron chi connectivity index (χ3n) is 5.33. The van der Waals surface area contributed by atoms with Crippen LogP contribution in [0.4, 0.5) is 4.39 Å². The first-order valence-electron chi connectivity index (χ1n) is 8.76. The molecule has 0 bridgehead atoms. The van der Waals surface area contributed by atoms with E-state index in [0.717, 1.165) is 46.4 Å². The highest BCUT2D eigenvalue weighted by Gasteiger charge is 2.34. The lowest BCUT2D eigenvalue weighted by molar-refractivity contribution is 0.0630. The van der Waals surface area contributed by atoms with Gasteiger partial charge in [-0.2, -0.15) is 0 Å². The maximum Gasteiger partial charge on any atom is 0.127 e. The van der Waals surface area contributed by atoms with Gasteiger partial charge < -0.3 is 15.2 Å². The summed E-state index contributed by atoms with van der Waals surface area (Å²) in [4.78, 5) is 0. The second-order valence-electron chi connectivity index (χ2n) is 7.31. The molecular weight excluding hydrogens is 317 g/mol. The lowest BCUT2D eigenvalue weighted by Gasteiger charge is -2.38. The van der Waals surface area contributed by atoms with Crippen LogP contribution in [0.15, 0.2) is 24.3 Å². The minimum atomic E-state index is -0.298. The second kappa shape index (κ2) is 6.68. The smallest absolute Gasteiger partial charge is 0.127 e. The molecule has 0 spiro atoms. The second-order valence-corrected chi connectivity index (χ2v) is 7.31. The third-order valence-corrected chi connectivity index (χ3v) is 5.33. The van der Waals surface area contributed by atoms with Crippen molar-refractivity contribution >= 4 is 0 Å². The number of ether oxygens (including phenoxy) is 1. The summed E-state index contributed by atoms with van der Waals surface area (Å²) in [6.45, 7) is 9.40. The molecule has 1 aliphatic heterocycles. The van der Waals surface area contributed by atoms with Gasteiger partial charge in [0.05, 0.1) is 0 Å². The Hall–Kier alpha value is -2.07. The zero-order valence-corrected chi connectivity index (χ0v) is 15.4. The number of fused-ring (bicyclic) bond motifs is 1. The van der Waals surface area contributed by atoms with Crippen LogP contribution in [0, 0.1) is 26.6 Å². The van der Waals surface area contributed by atoms with Crippen molar-refractivity contribution in [3.05, 3.63) is 57.9 Å². The van der Waals surface area contributed by atoms with Crippen LogP contribution in [0.25, 0.3) is 0 Å². The number of aromatic hydroxyl groups is 1. The van der Waals surface area contributed by atoms with E-state index >= 15 is 0 Å². The molecule has 2 aromatic carbocycles. The largest absolute Gasteiger partial charge is 0.507 e. The van der Waals surface area contributed by atoms with E-state index in [-0.39, 0.29) is 11.4 Å². The lowest BCUT2D eigenvalue weighted by atomic mass is 9.87. The minimum Gasteiger partial charge on any atom is -0.507 e. The average Bonchev–Trinajstić information content (AvgIpc) is 2.60. The van der Waals surface area contributed by atoms with Gasteiger partial charge in [0.1, 0.15) is 22.9 Å². The van der Waals surface area contributed by atoms with E-state index in [9.17, 15) is 9.50 Å². The highest BCUT2D eigenvalue weighted by molar-refractivity contribution is 5.58. The number of phenolic OH excluding ortho intramolecular Hbond substituents is 1. The third kappa shape index (κ3) is 3.49. The molecule has 1 aliphatic rings.